The summed E-state index contributed by atoms with van der Waals surface area (Å²) in [6, 6.07) is 5.61. The predicted octanol–water partition coefficient (Wildman–Crippen LogP) is 2.62. The highest BCUT2D eigenvalue weighted by Gasteiger charge is 2.37. The largest absolute Gasteiger partial charge is 0.481 e. The van der Waals surface area contributed by atoms with Crippen LogP contribution in [0.15, 0.2) is 22.7 Å². The smallest absolute Gasteiger partial charge is 0.308 e. The maximum Gasteiger partial charge on any atom is 0.308 e. The van der Waals surface area contributed by atoms with Crippen LogP contribution in [-0.2, 0) is 16.0 Å². The molecule has 2 rings (SSSR count). The molecule has 1 N–H and O–H groups in total. The van der Waals surface area contributed by atoms with Crippen LogP contribution in [0.1, 0.15) is 24.5 Å². The van der Waals surface area contributed by atoms with Crippen molar-refractivity contribution in [1.29, 1.82) is 0 Å². The fourth-order valence-electron chi connectivity index (χ4n) is 2.74. The van der Waals surface area contributed by atoms with Crippen LogP contribution in [0.5, 0.6) is 0 Å². The van der Waals surface area contributed by atoms with E-state index in [0.717, 1.165) is 15.6 Å². The highest BCUT2D eigenvalue weighted by Crippen LogP contribution is 2.25. The molecule has 1 heterocycles. The molecule has 5 heteroatoms. The Morgan fingerprint density at radius 1 is 1.45 bits per heavy atom. The molecule has 2 unspecified atom stereocenters. The fourth-order valence-corrected chi connectivity index (χ4v) is 3.22. The summed E-state index contributed by atoms with van der Waals surface area (Å²) in [7, 11) is 0. The summed E-state index contributed by atoms with van der Waals surface area (Å²) >= 11 is 3.40. The van der Waals surface area contributed by atoms with Crippen LogP contribution in [-0.4, -0.2) is 34.5 Å². The molecular weight excluding hydrogens is 322 g/mol. The van der Waals surface area contributed by atoms with E-state index in [2.05, 4.69) is 15.9 Å². The van der Waals surface area contributed by atoms with Gasteiger partial charge in [0.15, 0.2) is 0 Å². The summed E-state index contributed by atoms with van der Waals surface area (Å²) in [5.74, 6) is -1.25. The van der Waals surface area contributed by atoms with Crippen LogP contribution in [0.4, 0.5) is 0 Å². The van der Waals surface area contributed by atoms with Crippen LogP contribution in [0.3, 0.4) is 0 Å². The second-order valence-corrected chi connectivity index (χ2v) is 6.22. The van der Waals surface area contributed by atoms with E-state index >= 15 is 0 Å². The van der Waals surface area contributed by atoms with E-state index in [0.29, 0.717) is 19.4 Å². The minimum Gasteiger partial charge on any atom is -0.481 e. The number of carbonyl (C=O) groups is 2. The van der Waals surface area contributed by atoms with Gasteiger partial charge in [-0.3, -0.25) is 9.59 Å². The van der Waals surface area contributed by atoms with E-state index in [4.69, 9.17) is 5.11 Å². The highest BCUT2D eigenvalue weighted by molar-refractivity contribution is 9.10. The van der Waals surface area contributed by atoms with Gasteiger partial charge in [0, 0.05) is 17.1 Å². The van der Waals surface area contributed by atoms with Crippen molar-refractivity contribution >= 4 is 27.8 Å². The molecule has 0 spiro atoms. The molecule has 0 radical (unpaired) electrons. The lowest BCUT2D eigenvalue weighted by Crippen LogP contribution is -2.38. The number of likely N-dealkylation sites (tertiary alicyclic amines) is 1. The Morgan fingerprint density at radius 2 is 2.15 bits per heavy atom. The highest BCUT2D eigenvalue weighted by atomic mass is 79.9. The number of carbonyl (C=O) groups excluding carboxylic acids is 1. The number of amides is 1. The predicted molar refractivity (Wildman–Crippen MR) is 79.5 cm³/mol. The zero-order valence-electron chi connectivity index (χ0n) is 11.6. The van der Waals surface area contributed by atoms with E-state index in [1.54, 1.807) is 4.90 Å². The number of benzene rings is 1. The van der Waals surface area contributed by atoms with Gasteiger partial charge in [-0.2, -0.15) is 0 Å². The number of nitrogens with zero attached hydrogens (tertiary/aromatic N) is 1. The van der Waals surface area contributed by atoms with E-state index in [-0.39, 0.29) is 11.9 Å². The van der Waals surface area contributed by atoms with Gasteiger partial charge in [0.25, 0.3) is 0 Å². The van der Waals surface area contributed by atoms with Gasteiger partial charge >= 0.3 is 5.97 Å². The molecule has 108 valence electrons. The van der Waals surface area contributed by atoms with Crippen LogP contribution in [0, 0.1) is 12.8 Å². The standard InChI is InChI=1S/C15H18BrNO3/c1-9-7-12(16)4-3-11(9)8-14(18)17-6-5-13(10(17)2)15(19)20/h3-4,7,10,13H,5-6,8H2,1-2H3,(H,19,20). The van der Waals surface area contributed by atoms with E-state index < -0.39 is 11.9 Å². The molecule has 1 saturated heterocycles. The van der Waals surface area contributed by atoms with E-state index in [9.17, 15) is 9.59 Å². The Labute approximate surface area is 126 Å². The summed E-state index contributed by atoms with van der Waals surface area (Å²) < 4.78 is 0.992. The average molecular weight is 340 g/mol. The normalized spacial score (nSPS) is 22.1. The maximum atomic E-state index is 12.4. The Bertz CT molecular complexity index is 544. The Balaban J connectivity index is 2.07. The first-order valence-electron chi connectivity index (χ1n) is 6.67. The van der Waals surface area contributed by atoms with Crippen molar-refractivity contribution in [3.63, 3.8) is 0 Å². The number of hydrogen-bond acceptors (Lipinski definition) is 2. The third-order valence-corrected chi connectivity index (χ3v) is 4.53. The van der Waals surface area contributed by atoms with Crippen molar-refractivity contribution in [1.82, 2.24) is 4.90 Å². The zero-order chi connectivity index (χ0) is 14.9. The third-order valence-electron chi connectivity index (χ3n) is 4.04. The van der Waals surface area contributed by atoms with Crippen molar-refractivity contribution in [3.8, 4) is 0 Å². The van der Waals surface area contributed by atoms with Gasteiger partial charge in [0.2, 0.25) is 5.91 Å². The van der Waals surface area contributed by atoms with Gasteiger partial charge in [0.1, 0.15) is 0 Å². The zero-order valence-corrected chi connectivity index (χ0v) is 13.2. The van der Waals surface area contributed by atoms with E-state index in [1.807, 2.05) is 32.0 Å². The molecule has 1 amide bonds. The van der Waals surface area contributed by atoms with Crippen molar-refractivity contribution in [3.05, 3.63) is 33.8 Å². The quantitative estimate of drug-likeness (QED) is 0.920. The van der Waals surface area contributed by atoms with Crippen molar-refractivity contribution in [2.75, 3.05) is 6.54 Å². The molecule has 0 aliphatic carbocycles. The first-order valence-corrected chi connectivity index (χ1v) is 7.46. The molecule has 2 atom stereocenters. The number of carboxylic acid groups (broad SMARTS) is 1. The lowest BCUT2D eigenvalue weighted by atomic mass is 10.0. The summed E-state index contributed by atoms with van der Waals surface area (Å²) in [5, 5.41) is 9.10. The molecule has 1 aromatic carbocycles. The van der Waals surface area contributed by atoms with Crippen LogP contribution < -0.4 is 0 Å². The van der Waals surface area contributed by atoms with Crippen LogP contribution >= 0.6 is 15.9 Å². The summed E-state index contributed by atoms with van der Waals surface area (Å²) in [6.45, 7) is 4.32. The number of carboxylic acids is 1. The number of rotatable bonds is 3. The molecule has 1 aromatic rings. The van der Waals surface area contributed by atoms with Crippen molar-refractivity contribution in [2.24, 2.45) is 5.92 Å². The topological polar surface area (TPSA) is 57.6 Å². The fraction of sp³-hybridized carbons (Fsp3) is 0.467. The third kappa shape index (κ3) is 3.03. The summed E-state index contributed by atoms with van der Waals surface area (Å²) in [6.07, 6.45) is 0.872. The summed E-state index contributed by atoms with van der Waals surface area (Å²) in [4.78, 5) is 25.1. The minimum atomic E-state index is -0.812. The number of hydrogen-bond donors (Lipinski definition) is 1. The van der Waals surface area contributed by atoms with Crippen molar-refractivity contribution < 1.29 is 14.7 Å². The average Bonchev–Trinajstić information content (AvgIpc) is 2.74. The molecule has 1 fully saturated rings. The van der Waals surface area contributed by atoms with Crippen molar-refractivity contribution in [2.45, 2.75) is 32.7 Å². The van der Waals surface area contributed by atoms with Crippen LogP contribution in [0.25, 0.3) is 0 Å². The molecule has 4 nitrogen and oxygen atoms in total. The maximum absolute atomic E-state index is 12.4. The molecule has 1 aliphatic heterocycles. The first-order chi connectivity index (χ1) is 9.40. The Morgan fingerprint density at radius 3 is 2.70 bits per heavy atom. The van der Waals surface area contributed by atoms with E-state index in [1.165, 1.54) is 0 Å². The van der Waals surface area contributed by atoms with Gasteiger partial charge in [-0.15, -0.1) is 0 Å². The summed E-state index contributed by atoms with van der Waals surface area (Å²) in [5.41, 5.74) is 2.05. The minimum absolute atomic E-state index is 0.00618. The first kappa shape index (κ1) is 15.0. The van der Waals surface area contributed by atoms with Gasteiger partial charge in [-0.1, -0.05) is 22.0 Å². The monoisotopic (exact) mass is 339 g/mol. The molecule has 0 saturated carbocycles. The lowest BCUT2D eigenvalue weighted by Gasteiger charge is -2.23. The number of aliphatic carboxylic acids is 1. The molecule has 0 aromatic heterocycles. The second-order valence-electron chi connectivity index (χ2n) is 5.31. The van der Waals surface area contributed by atoms with Crippen LogP contribution in [0.2, 0.25) is 0 Å². The lowest BCUT2D eigenvalue weighted by molar-refractivity contribution is -0.143. The van der Waals surface area contributed by atoms with Gasteiger partial charge in [-0.05, 0) is 43.5 Å². The SMILES string of the molecule is Cc1cc(Br)ccc1CC(=O)N1CCC(C(=O)O)C1C. The van der Waals surface area contributed by atoms with Gasteiger partial charge in [0.05, 0.1) is 12.3 Å². The molecule has 1 aliphatic rings. The Kier molecular flexibility index (Phi) is 4.48. The molecule has 20 heavy (non-hydrogen) atoms. The number of aryl methyl sites for hydroxylation is 1. The molecular formula is C15H18BrNO3. The second kappa shape index (κ2) is 5.95. The number of halogens is 1. The van der Waals surface area contributed by atoms with Gasteiger partial charge < -0.3 is 10.0 Å². The van der Waals surface area contributed by atoms with Gasteiger partial charge in [-0.25, -0.2) is 0 Å². The Hall–Kier alpha value is -1.36. The molecule has 0 bridgehead atoms.